The zero-order chi connectivity index (χ0) is 16.8. The summed E-state index contributed by atoms with van der Waals surface area (Å²) in [5.74, 6) is 1.11. The molecule has 1 aromatic heterocycles. The Labute approximate surface area is 176 Å². The molecule has 0 amide bonds. The van der Waals surface area contributed by atoms with Gasteiger partial charge in [-0.1, -0.05) is 13.3 Å². The van der Waals surface area contributed by atoms with Crippen LogP contribution < -0.4 is 0 Å². The summed E-state index contributed by atoms with van der Waals surface area (Å²) in [6, 6.07) is 0. The van der Waals surface area contributed by atoms with Crippen LogP contribution in [0.25, 0.3) is 0 Å². The summed E-state index contributed by atoms with van der Waals surface area (Å²) in [4.78, 5) is 11.9. The van der Waals surface area contributed by atoms with Crippen molar-refractivity contribution in [3.63, 3.8) is 0 Å². The highest BCUT2D eigenvalue weighted by molar-refractivity contribution is 14.0. The second-order valence-electron chi connectivity index (χ2n) is 7.86. The summed E-state index contributed by atoms with van der Waals surface area (Å²) in [5, 5.41) is 0. The Kier molecular flexibility index (Phi) is 12.3. The molecule has 0 unspecified atom stereocenters. The van der Waals surface area contributed by atoms with Gasteiger partial charge in [0.1, 0.15) is 5.82 Å². The van der Waals surface area contributed by atoms with Gasteiger partial charge in [0, 0.05) is 42.3 Å². The van der Waals surface area contributed by atoms with Gasteiger partial charge in [-0.2, -0.15) is 0 Å². The maximum atomic E-state index is 4.10. The van der Waals surface area contributed by atoms with Crippen LogP contribution in [-0.2, 0) is 6.42 Å². The number of hydrogen-bond acceptors (Lipinski definition) is 3. The molecular weight excluding hydrogens is 479 g/mol. The van der Waals surface area contributed by atoms with Crippen LogP contribution in [0.3, 0.4) is 0 Å². The number of halogens is 2. The molecule has 0 fully saturated rings. The first-order chi connectivity index (χ1) is 10.1. The Hall–Kier alpha value is -0.240. The molecule has 0 bridgehead atoms. The quantitative estimate of drug-likeness (QED) is 0.535. The lowest BCUT2D eigenvalue weighted by Crippen LogP contribution is -2.44. The van der Waals surface area contributed by atoms with Crippen molar-refractivity contribution in [3.8, 4) is 0 Å². The lowest BCUT2D eigenvalue weighted by Gasteiger charge is -2.38. The first kappa shape index (κ1) is 26.0. The number of aryl methyl sites for hydroxylation is 1. The molecule has 0 aromatic carbocycles. The van der Waals surface area contributed by atoms with Crippen molar-refractivity contribution in [3.05, 3.63) is 30.6 Å². The first-order valence-electron chi connectivity index (χ1n) is 8.34. The predicted octanol–water partition coefficient (Wildman–Crippen LogP) is 5.58. The molecular formula is C18H36BrIN4. The molecule has 1 aliphatic rings. The highest BCUT2D eigenvalue weighted by Gasteiger charge is 2.28. The number of H-pyrrole nitrogens is 1. The van der Waals surface area contributed by atoms with Crippen LogP contribution in [0.4, 0.5) is 0 Å². The van der Waals surface area contributed by atoms with Gasteiger partial charge in [0.25, 0.3) is 0 Å². The van der Waals surface area contributed by atoms with Crippen molar-refractivity contribution >= 4 is 41.0 Å². The molecule has 4 nitrogen and oxygen atoms in total. The maximum absolute atomic E-state index is 4.10. The second kappa shape index (κ2) is 11.4. The van der Waals surface area contributed by atoms with Gasteiger partial charge in [-0.25, -0.2) is 4.98 Å². The van der Waals surface area contributed by atoms with E-state index in [9.17, 15) is 0 Å². The smallest absolute Gasteiger partial charge is 0.105 e. The van der Waals surface area contributed by atoms with E-state index >= 15 is 0 Å². The lowest BCUT2D eigenvalue weighted by molar-refractivity contribution is 0.110. The molecule has 6 heteroatoms. The van der Waals surface area contributed by atoms with Crippen LogP contribution in [0.5, 0.6) is 0 Å². The Morgan fingerprint density at radius 1 is 1.04 bits per heavy atom. The summed E-state index contributed by atoms with van der Waals surface area (Å²) in [6.45, 7) is 16.6. The molecule has 142 valence electrons. The van der Waals surface area contributed by atoms with E-state index in [2.05, 4.69) is 80.6 Å². The molecule has 0 spiro atoms. The van der Waals surface area contributed by atoms with Crippen LogP contribution in [0.1, 0.15) is 67.1 Å². The molecule has 0 aliphatic carbocycles. The average Bonchev–Trinajstić information content (AvgIpc) is 3.06. The molecule has 0 saturated carbocycles. The first-order valence-corrected chi connectivity index (χ1v) is 8.34. The minimum absolute atomic E-state index is 0. The van der Waals surface area contributed by atoms with Crippen LogP contribution in [0, 0.1) is 0 Å². The van der Waals surface area contributed by atoms with Crippen molar-refractivity contribution in [2.45, 2.75) is 78.8 Å². The fourth-order valence-corrected chi connectivity index (χ4v) is 2.07. The largest absolute Gasteiger partial charge is 0.354 e. The standard InChI is InChI=1S/C11H22N2.C7H12N2.BrH.HI/c1-10(2,3)12-7-8-13(9-12)11(4,5)6;1-2-3-4-7-8-5-6-9-7;;/h7-8H,9H2,1-6H3;5-6H,2-4H2,1H3,(H,8,9);2*1H. The summed E-state index contributed by atoms with van der Waals surface area (Å²) in [5.41, 5.74) is 0.465. The third-order valence-corrected chi connectivity index (χ3v) is 3.78. The topological polar surface area (TPSA) is 35.2 Å². The van der Waals surface area contributed by atoms with E-state index < -0.39 is 0 Å². The van der Waals surface area contributed by atoms with Crippen molar-refractivity contribution in [1.29, 1.82) is 0 Å². The summed E-state index contributed by atoms with van der Waals surface area (Å²) in [6.07, 6.45) is 11.6. The lowest BCUT2D eigenvalue weighted by atomic mass is 10.1. The van der Waals surface area contributed by atoms with Gasteiger partial charge >= 0.3 is 0 Å². The highest BCUT2D eigenvalue weighted by atomic mass is 127. The number of aromatic nitrogens is 2. The van der Waals surface area contributed by atoms with Gasteiger partial charge in [-0.3, -0.25) is 0 Å². The van der Waals surface area contributed by atoms with Gasteiger partial charge in [0.2, 0.25) is 0 Å². The fourth-order valence-electron chi connectivity index (χ4n) is 2.07. The molecule has 1 aromatic rings. The van der Waals surface area contributed by atoms with Gasteiger partial charge in [0.05, 0.1) is 6.67 Å². The number of nitrogens with zero attached hydrogens (tertiary/aromatic N) is 3. The van der Waals surface area contributed by atoms with E-state index in [1.54, 1.807) is 6.20 Å². The molecule has 0 radical (unpaired) electrons. The van der Waals surface area contributed by atoms with Gasteiger partial charge < -0.3 is 14.8 Å². The number of rotatable bonds is 3. The van der Waals surface area contributed by atoms with E-state index in [0.29, 0.717) is 0 Å². The van der Waals surface area contributed by atoms with Crippen molar-refractivity contribution in [2.75, 3.05) is 6.67 Å². The van der Waals surface area contributed by atoms with Crippen LogP contribution in [-0.4, -0.2) is 37.5 Å². The monoisotopic (exact) mass is 514 g/mol. The third-order valence-electron chi connectivity index (χ3n) is 3.78. The summed E-state index contributed by atoms with van der Waals surface area (Å²) >= 11 is 0. The maximum Gasteiger partial charge on any atom is 0.105 e. The van der Waals surface area contributed by atoms with Gasteiger partial charge in [-0.15, -0.1) is 41.0 Å². The number of nitrogens with one attached hydrogen (secondary N) is 1. The number of hydrogen-bond donors (Lipinski definition) is 1. The third kappa shape index (κ3) is 9.30. The van der Waals surface area contributed by atoms with E-state index in [1.807, 2.05) is 6.20 Å². The average molecular weight is 515 g/mol. The molecule has 2 rings (SSSR count). The predicted molar refractivity (Wildman–Crippen MR) is 120 cm³/mol. The van der Waals surface area contributed by atoms with Crippen LogP contribution >= 0.6 is 41.0 Å². The SMILES string of the molecule is Br.CC(C)(C)N1C=CN(C(C)(C)C)C1.CCCCc1ncc[nH]1.I. The normalized spacial score (nSPS) is 13.8. The Morgan fingerprint density at radius 2 is 1.54 bits per heavy atom. The number of aromatic amines is 1. The Bertz CT molecular complexity index is 425. The molecule has 24 heavy (non-hydrogen) atoms. The van der Waals surface area contributed by atoms with Gasteiger partial charge in [-0.05, 0) is 48.0 Å². The van der Waals surface area contributed by atoms with E-state index in [4.69, 9.17) is 0 Å². The molecule has 0 saturated heterocycles. The van der Waals surface area contributed by atoms with Crippen LogP contribution in [0.15, 0.2) is 24.8 Å². The minimum Gasteiger partial charge on any atom is -0.354 e. The molecule has 1 aliphatic heterocycles. The molecule has 1 N–H and O–H groups in total. The Morgan fingerprint density at radius 3 is 1.83 bits per heavy atom. The zero-order valence-electron chi connectivity index (χ0n) is 16.3. The van der Waals surface area contributed by atoms with Crippen LogP contribution in [0.2, 0.25) is 0 Å². The number of unbranched alkanes of at least 4 members (excludes halogenated alkanes) is 1. The fraction of sp³-hybridized carbons (Fsp3) is 0.722. The Balaban J connectivity index is 0. The molecule has 2 heterocycles. The summed E-state index contributed by atoms with van der Waals surface area (Å²) in [7, 11) is 0. The zero-order valence-corrected chi connectivity index (χ0v) is 20.3. The van der Waals surface area contributed by atoms with Gasteiger partial charge in [0.15, 0.2) is 0 Å². The van der Waals surface area contributed by atoms with E-state index in [0.717, 1.165) is 18.9 Å². The minimum atomic E-state index is 0. The summed E-state index contributed by atoms with van der Waals surface area (Å²) < 4.78 is 0. The molecule has 0 atom stereocenters. The van der Waals surface area contributed by atoms with E-state index in [1.165, 1.54) is 12.8 Å². The van der Waals surface area contributed by atoms with E-state index in [-0.39, 0.29) is 52.0 Å². The highest BCUT2D eigenvalue weighted by Crippen LogP contribution is 2.24. The van der Waals surface area contributed by atoms with Crippen molar-refractivity contribution < 1.29 is 0 Å². The number of imidazole rings is 1. The van der Waals surface area contributed by atoms with Crippen molar-refractivity contribution in [2.24, 2.45) is 0 Å². The second-order valence-corrected chi connectivity index (χ2v) is 7.86. The van der Waals surface area contributed by atoms with Crippen molar-refractivity contribution in [1.82, 2.24) is 19.8 Å².